The van der Waals surface area contributed by atoms with Crippen molar-refractivity contribution in [2.24, 2.45) is 0 Å². The van der Waals surface area contributed by atoms with Gasteiger partial charge in [-0.1, -0.05) is 17.8 Å². The fourth-order valence-corrected chi connectivity index (χ4v) is 3.80. The van der Waals surface area contributed by atoms with Crippen LogP contribution in [0.1, 0.15) is 41.9 Å². The summed E-state index contributed by atoms with van der Waals surface area (Å²) in [5, 5.41) is 17.7. The molecule has 19 heavy (non-hydrogen) atoms. The third-order valence-electron chi connectivity index (χ3n) is 4.27. The van der Waals surface area contributed by atoms with E-state index < -0.39 is 0 Å². The first-order valence-corrected chi connectivity index (χ1v) is 7.65. The summed E-state index contributed by atoms with van der Waals surface area (Å²) < 4.78 is 7.51. The molecule has 2 atom stereocenters. The summed E-state index contributed by atoms with van der Waals surface area (Å²) in [6.07, 6.45) is 3.74. The number of likely N-dealkylation sites (N-methyl/N-ethyl adjacent to an activating group) is 1. The van der Waals surface area contributed by atoms with E-state index in [9.17, 15) is 0 Å². The molecule has 1 aliphatic carbocycles. The van der Waals surface area contributed by atoms with E-state index >= 15 is 0 Å². The highest BCUT2D eigenvalue weighted by Gasteiger charge is 2.33. The number of rotatable bonds is 3. The van der Waals surface area contributed by atoms with Crippen molar-refractivity contribution in [2.45, 2.75) is 37.1 Å². The van der Waals surface area contributed by atoms with Gasteiger partial charge in [0.05, 0.1) is 19.1 Å². The largest absolute Gasteiger partial charge is 0.379 e. The summed E-state index contributed by atoms with van der Waals surface area (Å²) >= 11 is 1.64. The monoisotopic (exact) mass is 279 g/mol. The van der Waals surface area contributed by atoms with E-state index in [-0.39, 0.29) is 0 Å². The first-order chi connectivity index (χ1) is 9.36. The van der Waals surface area contributed by atoms with Gasteiger partial charge in [-0.15, -0.1) is 10.2 Å². The van der Waals surface area contributed by atoms with Gasteiger partial charge >= 0.3 is 0 Å². The Morgan fingerprint density at radius 2 is 2.21 bits per heavy atom. The maximum Gasteiger partial charge on any atom is 0.234 e. The Kier molecular flexibility index (Phi) is 2.78. The van der Waals surface area contributed by atoms with Crippen molar-refractivity contribution in [3.05, 3.63) is 10.8 Å². The van der Waals surface area contributed by atoms with E-state index in [1.54, 1.807) is 11.3 Å². The molecule has 0 bridgehead atoms. The van der Waals surface area contributed by atoms with E-state index in [4.69, 9.17) is 9.84 Å². The minimum Gasteiger partial charge on any atom is -0.379 e. The molecule has 1 saturated carbocycles. The highest BCUT2D eigenvalue weighted by Crippen LogP contribution is 2.36. The summed E-state index contributed by atoms with van der Waals surface area (Å²) in [6, 6.07) is 0.357. The molecular weight excluding hydrogens is 262 g/mol. The number of hydrogen-bond acceptors (Lipinski definition) is 6. The standard InChI is InChI=1S/C12H17N5OS/c1-13-9-6-18-5-8(9)11-16-17-10(7-3-2-4-7)14-15-12(17)19-11/h7-9,13H,2-6H2,1H3. The lowest BCUT2D eigenvalue weighted by Gasteiger charge is -2.22. The molecule has 3 heterocycles. The molecular formula is C12H17N5OS. The Bertz CT molecular complexity index is 590. The number of hydrogen-bond donors (Lipinski definition) is 1. The molecule has 2 unspecified atom stereocenters. The zero-order valence-corrected chi connectivity index (χ0v) is 11.7. The van der Waals surface area contributed by atoms with Crippen molar-refractivity contribution in [1.29, 1.82) is 0 Å². The minimum absolute atomic E-state index is 0.339. The smallest absolute Gasteiger partial charge is 0.234 e. The zero-order valence-electron chi connectivity index (χ0n) is 10.9. The van der Waals surface area contributed by atoms with Gasteiger partial charge in [-0.05, 0) is 19.9 Å². The topological polar surface area (TPSA) is 64.3 Å². The van der Waals surface area contributed by atoms with Crippen LogP contribution in [0.5, 0.6) is 0 Å². The summed E-state index contributed by atoms with van der Waals surface area (Å²) in [5.74, 6) is 1.94. The maximum absolute atomic E-state index is 5.56. The average Bonchev–Trinajstić information content (AvgIpc) is 3.01. The molecule has 4 rings (SSSR count). The van der Waals surface area contributed by atoms with Crippen LogP contribution >= 0.6 is 11.3 Å². The molecule has 2 aliphatic rings. The van der Waals surface area contributed by atoms with Crippen molar-refractivity contribution in [3.8, 4) is 0 Å². The van der Waals surface area contributed by atoms with Crippen LogP contribution in [-0.2, 0) is 4.74 Å². The van der Waals surface area contributed by atoms with Gasteiger partial charge in [-0.3, -0.25) is 0 Å². The van der Waals surface area contributed by atoms with Gasteiger partial charge in [0.25, 0.3) is 0 Å². The summed E-state index contributed by atoms with van der Waals surface area (Å²) in [5.41, 5.74) is 0. The fourth-order valence-electron chi connectivity index (χ4n) is 2.80. The van der Waals surface area contributed by atoms with Crippen molar-refractivity contribution in [1.82, 2.24) is 25.1 Å². The highest BCUT2D eigenvalue weighted by atomic mass is 32.1. The third kappa shape index (κ3) is 1.79. The van der Waals surface area contributed by atoms with Crippen LogP contribution in [-0.4, -0.2) is 46.1 Å². The Balaban J connectivity index is 1.69. The minimum atomic E-state index is 0.339. The molecule has 2 aromatic heterocycles. The predicted molar refractivity (Wildman–Crippen MR) is 71.7 cm³/mol. The Morgan fingerprint density at radius 3 is 2.95 bits per heavy atom. The molecule has 2 aromatic rings. The second-order valence-corrected chi connectivity index (χ2v) is 6.35. The van der Waals surface area contributed by atoms with E-state index in [1.807, 2.05) is 11.6 Å². The predicted octanol–water partition coefficient (Wildman–Crippen LogP) is 1.16. The van der Waals surface area contributed by atoms with Crippen molar-refractivity contribution < 1.29 is 4.74 Å². The lowest BCUT2D eigenvalue weighted by Crippen LogP contribution is -2.31. The molecule has 2 fully saturated rings. The van der Waals surface area contributed by atoms with Gasteiger partial charge in [0.15, 0.2) is 5.82 Å². The first kappa shape index (κ1) is 11.7. The fraction of sp³-hybridized carbons (Fsp3) is 0.750. The van der Waals surface area contributed by atoms with E-state index in [1.165, 1.54) is 19.3 Å². The first-order valence-electron chi connectivity index (χ1n) is 6.84. The normalized spacial score (nSPS) is 28.1. The van der Waals surface area contributed by atoms with Crippen LogP contribution < -0.4 is 5.32 Å². The number of nitrogens with one attached hydrogen (secondary N) is 1. The van der Waals surface area contributed by atoms with Crippen LogP contribution in [0.15, 0.2) is 0 Å². The van der Waals surface area contributed by atoms with Gasteiger partial charge in [-0.2, -0.15) is 9.61 Å². The summed E-state index contributed by atoms with van der Waals surface area (Å²) in [4.78, 5) is 0.915. The Morgan fingerprint density at radius 1 is 1.32 bits per heavy atom. The van der Waals surface area contributed by atoms with Crippen LogP contribution in [0.4, 0.5) is 0 Å². The van der Waals surface area contributed by atoms with Crippen LogP contribution in [0.2, 0.25) is 0 Å². The SMILES string of the molecule is CNC1COCC1c1nn2c(C3CCC3)nnc2s1. The molecule has 1 aliphatic heterocycles. The molecule has 7 heteroatoms. The van der Waals surface area contributed by atoms with Gasteiger partial charge in [-0.25, -0.2) is 0 Å². The quantitative estimate of drug-likeness (QED) is 0.913. The molecule has 0 radical (unpaired) electrons. The molecule has 6 nitrogen and oxygen atoms in total. The van der Waals surface area contributed by atoms with E-state index in [0.717, 1.165) is 29.0 Å². The van der Waals surface area contributed by atoms with Crippen LogP contribution in [0.25, 0.3) is 4.96 Å². The van der Waals surface area contributed by atoms with Crippen LogP contribution in [0, 0.1) is 0 Å². The van der Waals surface area contributed by atoms with E-state index in [2.05, 4.69) is 15.5 Å². The van der Waals surface area contributed by atoms with E-state index in [0.29, 0.717) is 17.9 Å². The molecule has 1 saturated heterocycles. The van der Waals surface area contributed by atoms with Crippen molar-refractivity contribution in [2.75, 3.05) is 20.3 Å². The Hall–Kier alpha value is -1.05. The molecule has 0 spiro atoms. The number of fused-ring (bicyclic) bond motifs is 1. The number of nitrogens with zero attached hydrogens (tertiary/aromatic N) is 4. The highest BCUT2D eigenvalue weighted by molar-refractivity contribution is 7.16. The number of ether oxygens (including phenoxy) is 1. The lowest BCUT2D eigenvalue weighted by molar-refractivity contribution is 0.188. The summed E-state index contributed by atoms with van der Waals surface area (Å²) in [7, 11) is 1.98. The van der Waals surface area contributed by atoms with Crippen molar-refractivity contribution in [3.63, 3.8) is 0 Å². The zero-order chi connectivity index (χ0) is 12.8. The average molecular weight is 279 g/mol. The summed E-state index contributed by atoms with van der Waals surface area (Å²) in [6.45, 7) is 1.51. The maximum atomic E-state index is 5.56. The molecule has 102 valence electrons. The van der Waals surface area contributed by atoms with Gasteiger partial charge in [0.2, 0.25) is 4.96 Å². The number of aromatic nitrogens is 4. The second kappa shape index (κ2) is 4.50. The third-order valence-corrected chi connectivity index (χ3v) is 5.30. The van der Waals surface area contributed by atoms with Gasteiger partial charge in [0, 0.05) is 12.0 Å². The molecule has 1 N–H and O–H groups in total. The van der Waals surface area contributed by atoms with Gasteiger partial charge < -0.3 is 10.1 Å². The lowest BCUT2D eigenvalue weighted by atomic mass is 9.85. The Labute approximate surface area is 115 Å². The van der Waals surface area contributed by atoms with Crippen LogP contribution in [0.3, 0.4) is 0 Å². The molecule has 0 amide bonds. The second-order valence-electron chi connectivity index (χ2n) is 5.36. The van der Waals surface area contributed by atoms with Crippen molar-refractivity contribution >= 4 is 16.3 Å². The van der Waals surface area contributed by atoms with Gasteiger partial charge in [0.1, 0.15) is 5.01 Å². The molecule has 0 aromatic carbocycles.